The van der Waals surface area contributed by atoms with E-state index in [1.54, 1.807) is 30.3 Å². The van der Waals surface area contributed by atoms with Gasteiger partial charge >= 0.3 is 5.97 Å². The van der Waals surface area contributed by atoms with Crippen LogP contribution >= 0.6 is 43.2 Å². The summed E-state index contributed by atoms with van der Waals surface area (Å²) in [5, 5.41) is 0. The zero-order valence-electron chi connectivity index (χ0n) is 13.3. The number of rotatable bonds is 3. The lowest BCUT2D eigenvalue weighted by molar-refractivity contribution is -0.138. The van der Waals surface area contributed by atoms with Gasteiger partial charge in [0.15, 0.2) is 5.78 Å². The van der Waals surface area contributed by atoms with Gasteiger partial charge in [0.2, 0.25) is 0 Å². The molecule has 0 amide bonds. The van der Waals surface area contributed by atoms with Crippen molar-refractivity contribution in [1.29, 1.82) is 0 Å². The molecule has 130 valence electrons. The van der Waals surface area contributed by atoms with E-state index in [0.29, 0.717) is 11.3 Å². The Kier molecular flexibility index (Phi) is 4.82. The van der Waals surface area contributed by atoms with Gasteiger partial charge in [0, 0.05) is 26.4 Å². The lowest BCUT2D eigenvalue weighted by Gasteiger charge is -2.30. The summed E-state index contributed by atoms with van der Waals surface area (Å²) in [6.07, 6.45) is 0. The fourth-order valence-corrected chi connectivity index (χ4v) is 5.16. The van der Waals surface area contributed by atoms with Crippen LogP contribution < -0.4 is 4.74 Å². The van der Waals surface area contributed by atoms with Crippen LogP contribution in [0.2, 0.25) is 0 Å². The van der Waals surface area contributed by atoms with Crippen LogP contribution in [0.1, 0.15) is 26.7 Å². The average Bonchev–Trinajstić information content (AvgIpc) is 3.07. The van der Waals surface area contributed by atoms with E-state index in [1.165, 1.54) is 11.3 Å². The second kappa shape index (κ2) is 7.10. The molecule has 0 radical (unpaired) electrons. The van der Waals surface area contributed by atoms with Crippen LogP contribution in [0.25, 0.3) is 0 Å². The minimum absolute atomic E-state index is 0.226. The van der Waals surface area contributed by atoms with Gasteiger partial charge in [-0.2, -0.15) is 0 Å². The molecule has 0 unspecified atom stereocenters. The van der Waals surface area contributed by atoms with E-state index < -0.39 is 11.9 Å². The molecule has 0 spiro atoms. The van der Waals surface area contributed by atoms with Crippen molar-refractivity contribution in [3.63, 3.8) is 0 Å². The summed E-state index contributed by atoms with van der Waals surface area (Å²) in [7, 11) is 0. The van der Waals surface area contributed by atoms with Crippen LogP contribution in [0, 0.1) is 5.92 Å². The second-order valence-corrected chi connectivity index (χ2v) is 9.34. The van der Waals surface area contributed by atoms with Crippen molar-refractivity contribution in [2.75, 3.05) is 0 Å². The number of benzene rings is 2. The Labute approximate surface area is 171 Å². The van der Waals surface area contributed by atoms with Crippen molar-refractivity contribution in [3.05, 3.63) is 84.9 Å². The molecule has 4 rings (SSSR count). The predicted molar refractivity (Wildman–Crippen MR) is 108 cm³/mol. The van der Waals surface area contributed by atoms with E-state index in [4.69, 9.17) is 4.74 Å². The van der Waals surface area contributed by atoms with E-state index in [9.17, 15) is 9.59 Å². The van der Waals surface area contributed by atoms with E-state index in [0.717, 1.165) is 18.7 Å². The predicted octanol–water partition coefficient (Wildman–Crippen LogP) is 5.82. The van der Waals surface area contributed by atoms with Gasteiger partial charge < -0.3 is 4.74 Å². The highest BCUT2D eigenvalue weighted by molar-refractivity contribution is 9.11. The lowest BCUT2D eigenvalue weighted by Crippen LogP contribution is -2.37. The Hall–Kier alpha value is -1.76. The number of fused-ring (bicyclic) bond motifs is 1. The fraction of sp³-hybridized carbons (Fsp3) is 0.100. The zero-order valence-corrected chi connectivity index (χ0v) is 17.3. The number of esters is 1. The van der Waals surface area contributed by atoms with Gasteiger partial charge in [-0.1, -0.05) is 46.3 Å². The Morgan fingerprint density at radius 1 is 1.00 bits per heavy atom. The lowest BCUT2D eigenvalue weighted by atomic mass is 9.78. The number of halogens is 2. The first-order valence-electron chi connectivity index (χ1n) is 7.90. The molecule has 0 saturated heterocycles. The molecule has 2 heterocycles. The number of hydrogen-bond acceptors (Lipinski definition) is 4. The third kappa shape index (κ3) is 3.17. The summed E-state index contributed by atoms with van der Waals surface area (Å²) in [4.78, 5) is 26.9. The average molecular weight is 492 g/mol. The monoisotopic (exact) mass is 490 g/mol. The second-order valence-electron chi connectivity index (χ2n) is 5.93. The summed E-state index contributed by atoms with van der Waals surface area (Å²) in [6.45, 7) is 0. The van der Waals surface area contributed by atoms with Crippen molar-refractivity contribution < 1.29 is 14.3 Å². The van der Waals surface area contributed by atoms with Crippen molar-refractivity contribution in [2.45, 2.75) is 5.92 Å². The molecule has 26 heavy (non-hydrogen) atoms. The fourth-order valence-electron chi connectivity index (χ4n) is 3.20. The molecule has 0 fully saturated rings. The van der Waals surface area contributed by atoms with Gasteiger partial charge in [0.05, 0.1) is 3.79 Å². The van der Waals surface area contributed by atoms with Crippen LogP contribution in [0.3, 0.4) is 0 Å². The largest absolute Gasteiger partial charge is 0.426 e. The Balaban J connectivity index is 1.88. The number of ketones is 1. The van der Waals surface area contributed by atoms with Crippen LogP contribution in [0.5, 0.6) is 5.75 Å². The molecule has 6 heteroatoms. The van der Waals surface area contributed by atoms with Gasteiger partial charge in [-0.05, 0) is 46.3 Å². The Bertz CT molecular complexity index is 997. The zero-order chi connectivity index (χ0) is 18.3. The smallest absolute Gasteiger partial charge is 0.323 e. The Morgan fingerprint density at radius 2 is 1.77 bits per heavy atom. The normalized spacial score (nSPS) is 18.9. The first kappa shape index (κ1) is 17.6. The molecule has 3 nitrogen and oxygen atoms in total. The van der Waals surface area contributed by atoms with Gasteiger partial charge in [-0.25, -0.2) is 0 Å². The highest BCUT2D eigenvalue weighted by Gasteiger charge is 2.44. The molecule has 3 aromatic rings. The highest BCUT2D eigenvalue weighted by atomic mass is 79.9. The van der Waals surface area contributed by atoms with Crippen molar-refractivity contribution in [1.82, 2.24) is 0 Å². The summed E-state index contributed by atoms with van der Waals surface area (Å²) in [5.74, 6) is -1.53. The molecular formula is C20H12Br2O3S. The molecule has 2 atom stereocenters. The molecule has 1 aromatic heterocycles. The molecule has 0 bridgehead atoms. The highest BCUT2D eigenvalue weighted by Crippen LogP contribution is 2.46. The summed E-state index contributed by atoms with van der Waals surface area (Å²) in [5.41, 5.74) is 1.34. The van der Waals surface area contributed by atoms with Gasteiger partial charge in [0.25, 0.3) is 0 Å². The SMILES string of the molecule is O=C1Oc2ccc(Br)cc2[C@@H](c2ccc(Br)s2)[C@@H]1C(=O)c1ccccc1. The van der Waals surface area contributed by atoms with Crippen LogP contribution in [0.15, 0.2) is 68.9 Å². The van der Waals surface area contributed by atoms with Crippen molar-refractivity contribution in [3.8, 4) is 5.75 Å². The molecule has 1 aliphatic rings. The molecule has 1 aliphatic heterocycles. The standard InChI is InChI=1S/C20H12Br2O3S/c21-12-6-7-14-13(10-12)17(15-8-9-16(22)26-15)18(20(24)25-14)19(23)11-4-2-1-3-5-11/h1-10,17-18H/t17-,18+/m0/s1. The molecule has 0 aliphatic carbocycles. The summed E-state index contributed by atoms with van der Waals surface area (Å²) in [6, 6.07) is 18.3. The third-order valence-corrected chi connectivity index (χ3v) is 6.55. The minimum Gasteiger partial charge on any atom is -0.426 e. The maximum Gasteiger partial charge on any atom is 0.323 e. The summed E-state index contributed by atoms with van der Waals surface area (Å²) >= 11 is 8.48. The summed E-state index contributed by atoms with van der Waals surface area (Å²) < 4.78 is 7.34. The van der Waals surface area contributed by atoms with Gasteiger partial charge in [0.1, 0.15) is 11.7 Å². The quantitative estimate of drug-likeness (QED) is 0.200. The van der Waals surface area contributed by atoms with Gasteiger partial charge in [-0.3, -0.25) is 9.59 Å². The number of ether oxygens (including phenoxy) is 1. The number of thiophene rings is 1. The number of hydrogen-bond donors (Lipinski definition) is 0. The molecule has 2 aromatic carbocycles. The number of carbonyl (C=O) groups excluding carboxylic acids is 2. The maximum absolute atomic E-state index is 13.2. The topological polar surface area (TPSA) is 43.4 Å². The first-order valence-corrected chi connectivity index (χ1v) is 10.3. The van der Waals surface area contributed by atoms with Crippen LogP contribution in [-0.4, -0.2) is 11.8 Å². The van der Waals surface area contributed by atoms with E-state index in [-0.39, 0.29) is 11.7 Å². The van der Waals surface area contributed by atoms with Crippen molar-refractivity contribution in [2.24, 2.45) is 5.92 Å². The first-order chi connectivity index (χ1) is 12.5. The molecule has 0 N–H and O–H groups in total. The maximum atomic E-state index is 13.2. The van der Waals surface area contributed by atoms with E-state index >= 15 is 0 Å². The Morgan fingerprint density at radius 3 is 2.46 bits per heavy atom. The molecule has 0 saturated carbocycles. The number of carbonyl (C=O) groups is 2. The number of Topliss-reactive ketones (excluding diaryl/α,β-unsaturated/α-hetero) is 1. The van der Waals surface area contributed by atoms with Crippen molar-refractivity contribution >= 4 is 54.9 Å². The van der Waals surface area contributed by atoms with Crippen LogP contribution in [-0.2, 0) is 4.79 Å². The van der Waals surface area contributed by atoms with Gasteiger partial charge in [-0.15, -0.1) is 11.3 Å². The van der Waals surface area contributed by atoms with Crippen LogP contribution in [0.4, 0.5) is 0 Å². The van der Waals surface area contributed by atoms with E-state index in [2.05, 4.69) is 31.9 Å². The molecular weight excluding hydrogens is 480 g/mol. The third-order valence-electron chi connectivity index (χ3n) is 4.35. The van der Waals surface area contributed by atoms with E-state index in [1.807, 2.05) is 30.3 Å². The minimum atomic E-state index is -0.912.